The summed E-state index contributed by atoms with van der Waals surface area (Å²) in [6.45, 7) is 0. The van der Waals surface area contributed by atoms with Gasteiger partial charge in [0.1, 0.15) is 0 Å². The Morgan fingerprint density at radius 1 is 0.929 bits per heavy atom. The zero-order valence-electron chi connectivity index (χ0n) is 6.58. The molecular weight excluding hydrogens is 208 g/mol. The van der Waals surface area contributed by atoms with Crippen LogP contribution in [0.3, 0.4) is 0 Å². The number of hydrogen-bond acceptors (Lipinski definition) is 12. The van der Waals surface area contributed by atoms with E-state index in [1.807, 2.05) is 0 Å². The van der Waals surface area contributed by atoms with Gasteiger partial charge in [-0.1, -0.05) is 0 Å². The van der Waals surface area contributed by atoms with Crippen LogP contribution in [0.4, 0.5) is 0 Å². The van der Waals surface area contributed by atoms with E-state index >= 15 is 0 Å². The summed E-state index contributed by atoms with van der Waals surface area (Å²) in [4.78, 5) is 9.98. The van der Waals surface area contributed by atoms with E-state index in [4.69, 9.17) is 20.9 Å². The Balaban J connectivity index is 4.56. The third kappa shape index (κ3) is 3.03. The molecule has 0 saturated carbocycles. The molecular formula is C2H10N4O8. The lowest BCUT2D eigenvalue weighted by atomic mass is 10.9. The zero-order valence-corrected chi connectivity index (χ0v) is 6.58. The Morgan fingerprint density at radius 2 is 1.43 bits per heavy atom. The SMILES string of the molecule is NNC(O)(OO)OC(NN)(OO)OO. The minimum Gasteiger partial charge on any atom is -0.327 e. The van der Waals surface area contributed by atoms with E-state index in [2.05, 4.69) is 31.1 Å². The van der Waals surface area contributed by atoms with Gasteiger partial charge in [0.15, 0.2) is 0 Å². The van der Waals surface area contributed by atoms with Gasteiger partial charge in [-0.05, 0) is 0 Å². The van der Waals surface area contributed by atoms with Crippen molar-refractivity contribution in [2.24, 2.45) is 11.7 Å². The summed E-state index contributed by atoms with van der Waals surface area (Å²) in [6, 6.07) is 0. The predicted octanol–water partition coefficient (Wildman–Crippen LogP) is -3.39. The predicted molar refractivity (Wildman–Crippen MR) is 34.6 cm³/mol. The van der Waals surface area contributed by atoms with E-state index in [0.717, 1.165) is 0 Å². The van der Waals surface area contributed by atoms with E-state index in [1.54, 1.807) is 0 Å². The van der Waals surface area contributed by atoms with Crippen molar-refractivity contribution in [2.45, 2.75) is 12.2 Å². The first kappa shape index (κ1) is 13.5. The maximum absolute atomic E-state index is 8.95. The minimum absolute atomic E-state index is 1.37. The van der Waals surface area contributed by atoms with Crippen LogP contribution in [0, 0.1) is 0 Å². The molecule has 0 amide bonds. The molecule has 0 aromatic heterocycles. The Bertz CT molecular complexity index is 149. The number of ether oxygens (including phenoxy) is 1. The fraction of sp³-hybridized carbons (Fsp3) is 1.00. The van der Waals surface area contributed by atoms with E-state index < -0.39 is 12.2 Å². The molecule has 14 heavy (non-hydrogen) atoms. The van der Waals surface area contributed by atoms with Crippen LogP contribution in [0.2, 0.25) is 0 Å². The summed E-state index contributed by atoms with van der Waals surface area (Å²) in [5, 5.41) is 33.3. The zero-order chi connectivity index (χ0) is 11.2. The van der Waals surface area contributed by atoms with Gasteiger partial charge in [0, 0.05) is 0 Å². The van der Waals surface area contributed by atoms with Crippen LogP contribution in [0.5, 0.6) is 0 Å². The molecule has 12 heteroatoms. The molecule has 0 aromatic rings. The van der Waals surface area contributed by atoms with Crippen molar-refractivity contribution < 1.29 is 40.3 Å². The van der Waals surface area contributed by atoms with Gasteiger partial charge in [-0.25, -0.2) is 20.5 Å². The molecule has 0 radical (unpaired) electrons. The monoisotopic (exact) mass is 218 g/mol. The molecule has 0 heterocycles. The molecule has 86 valence electrons. The molecule has 1 atom stereocenters. The summed E-state index contributed by atoms with van der Waals surface area (Å²) >= 11 is 0. The maximum Gasteiger partial charge on any atom is 0.421 e. The van der Waals surface area contributed by atoms with Crippen molar-refractivity contribution in [2.75, 3.05) is 0 Å². The minimum atomic E-state index is -3.06. The molecule has 12 nitrogen and oxygen atoms in total. The first-order valence-electron chi connectivity index (χ1n) is 2.87. The summed E-state index contributed by atoms with van der Waals surface area (Å²) in [6.07, 6.45) is -5.98. The fourth-order valence-corrected chi connectivity index (χ4v) is 0.393. The molecule has 10 N–H and O–H groups in total. The van der Waals surface area contributed by atoms with E-state index in [1.165, 1.54) is 10.9 Å². The summed E-state index contributed by atoms with van der Waals surface area (Å²) in [5.74, 6) is 9.32. The quantitative estimate of drug-likeness (QED) is 0.0914. The van der Waals surface area contributed by atoms with Gasteiger partial charge in [0.25, 0.3) is 0 Å². The molecule has 0 aliphatic carbocycles. The topological polar surface area (TPSA) is 194 Å². The summed E-state index contributed by atoms with van der Waals surface area (Å²) in [5.41, 5.74) is 2.80. The molecule has 0 aliphatic rings. The Hall–Kier alpha value is -0.480. The first-order chi connectivity index (χ1) is 6.51. The number of nitrogens with one attached hydrogen (secondary N) is 2. The summed E-state index contributed by atoms with van der Waals surface area (Å²) < 4.78 is 4.04. The largest absolute Gasteiger partial charge is 0.421 e. The Labute approximate surface area is 76.2 Å². The van der Waals surface area contributed by atoms with Crippen molar-refractivity contribution in [3.63, 3.8) is 0 Å². The molecule has 0 bridgehead atoms. The van der Waals surface area contributed by atoms with Crippen LogP contribution in [0.1, 0.15) is 0 Å². The molecule has 0 aromatic carbocycles. The summed E-state index contributed by atoms with van der Waals surface area (Å²) in [7, 11) is 0. The van der Waals surface area contributed by atoms with E-state index in [0.29, 0.717) is 0 Å². The van der Waals surface area contributed by atoms with E-state index in [9.17, 15) is 0 Å². The van der Waals surface area contributed by atoms with Crippen molar-refractivity contribution in [1.82, 2.24) is 10.9 Å². The van der Waals surface area contributed by atoms with Crippen LogP contribution in [-0.4, -0.2) is 33.1 Å². The molecule has 0 rings (SSSR count). The second-order valence-corrected chi connectivity index (χ2v) is 1.80. The molecule has 0 saturated heterocycles. The first-order valence-corrected chi connectivity index (χ1v) is 2.87. The number of nitrogens with two attached hydrogens (primary N) is 2. The smallest absolute Gasteiger partial charge is 0.327 e. The van der Waals surface area contributed by atoms with Crippen LogP contribution in [0.15, 0.2) is 0 Å². The second kappa shape index (κ2) is 5.41. The third-order valence-electron chi connectivity index (χ3n) is 0.996. The van der Waals surface area contributed by atoms with Gasteiger partial charge in [0.2, 0.25) is 0 Å². The molecule has 0 aliphatic heterocycles. The van der Waals surface area contributed by atoms with Gasteiger partial charge in [-0.2, -0.15) is 25.5 Å². The van der Waals surface area contributed by atoms with Crippen LogP contribution >= 0.6 is 0 Å². The molecule has 0 spiro atoms. The average Bonchev–Trinajstić information content (AvgIpc) is 2.26. The highest BCUT2D eigenvalue weighted by atomic mass is 17.3. The normalized spacial score (nSPS) is 16.7. The Kier molecular flexibility index (Phi) is 5.23. The molecule has 0 fully saturated rings. The Morgan fingerprint density at radius 3 is 1.64 bits per heavy atom. The lowest BCUT2D eigenvalue weighted by Gasteiger charge is -2.31. The fourth-order valence-electron chi connectivity index (χ4n) is 0.393. The highest BCUT2D eigenvalue weighted by Gasteiger charge is 2.46. The highest BCUT2D eigenvalue weighted by molar-refractivity contribution is 4.48. The van der Waals surface area contributed by atoms with Crippen molar-refractivity contribution in [3.8, 4) is 0 Å². The van der Waals surface area contributed by atoms with Crippen molar-refractivity contribution >= 4 is 0 Å². The van der Waals surface area contributed by atoms with Gasteiger partial charge >= 0.3 is 12.2 Å². The van der Waals surface area contributed by atoms with Gasteiger partial charge < -0.3 is 5.11 Å². The van der Waals surface area contributed by atoms with Gasteiger partial charge in [-0.15, -0.1) is 0 Å². The number of aliphatic hydroxyl groups is 1. The van der Waals surface area contributed by atoms with Crippen molar-refractivity contribution in [3.05, 3.63) is 0 Å². The maximum atomic E-state index is 8.95. The second-order valence-electron chi connectivity index (χ2n) is 1.80. The molecule has 1 unspecified atom stereocenters. The van der Waals surface area contributed by atoms with Crippen LogP contribution in [-0.2, 0) is 19.4 Å². The average molecular weight is 218 g/mol. The van der Waals surface area contributed by atoms with Crippen LogP contribution < -0.4 is 22.5 Å². The van der Waals surface area contributed by atoms with Gasteiger partial charge in [0.05, 0.1) is 0 Å². The number of hydrazine groups is 2. The van der Waals surface area contributed by atoms with Crippen LogP contribution in [0.25, 0.3) is 0 Å². The highest BCUT2D eigenvalue weighted by Crippen LogP contribution is 2.15. The van der Waals surface area contributed by atoms with Gasteiger partial charge in [-0.3, -0.25) is 11.7 Å². The van der Waals surface area contributed by atoms with Crippen molar-refractivity contribution in [1.29, 1.82) is 0 Å². The number of hydrogen-bond donors (Lipinski definition) is 8. The number of rotatable bonds is 7. The third-order valence-corrected chi connectivity index (χ3v) is 0.996. The standard InChI is InChI=1S/C2H10N4O8/c3-5-1(7,12-8)11-2(6-4,13-9)14-10/h5-10H,3-4H2. The lowest BCUT2D eigenvalue weighted by Crippen LogP contribution is -2.64. The van der Waals surface area contributed by atoms with E-state index in [-0.39, 0.29) is 0 Å². The lowest BCUT2D eigenvalue weighted by molar-refractivity contribution is -0.637.